The molecule has 4 heterocycles. The Morgan fingerprint density at radius 2 is 2.16 bits per heavy atom. The number of nitrogens with one attached hydrogen (secondary N) is 2. The lowest BCUT2D eigenvalue weighted by atomic mass is 10.1. The number of nitrogens with zero attached hydrogens (tertiary/aromatic N) is 4. The van der Waals surface area contributed by atoms with Crippen LogP contribution in [0.3, 0.4) is 0 Å². The van der Waals surface area contributed by atoms with E-state index in [0.29, 0.717) is 0 Å². The number of aromatic amines is 1. The van der Waals surface area contributed by atoms with Gasteiger partial charge in [-0.2, -0.15) is 5.10 Å². The second-order valence-corrected chi connectivity index (χ2v) is 9.88. The summed E-state index contributed by atoms with van der Waals surface area (Å²) in [6.07, 6.45) is 3.50. The van der Waals surface area contributed by atoms with E-state index in [-0.39, 0.29) is 11.2 Å². The summed E-state index contributed by atoms with van der Waals surface area (Å²) >= 11 is 3.39. The van der Waals surface area contributed by atoms with Gasteiger partial charge in [0.25, 0.3) is 0 Å². The number of amides is 1. The number of H-pyrrole nitrogens is 1. The third-order valence-electron chi connectivity index (χ3n) is 5.28. The highest BCUT2D eigenvalue weighted by Gasteiger charge is 2.27. The number of hydrogen-bond acceptors (Lipinski definition) is 7. The van der Waals surface area contributed by atoms with Crippen molar-refractivity contribution in [2.45, 2.75) is 18.7 Å². The van der Waals surface area contributed by atoms with Crippen LogP contribution in [0.5, 0.6) is 0 Å². The van der Waals surface area contributed by atoms with Crippen LogP contribution in [0, 0.1) is 6.92 Å². The van der Waals surface area contributed by atoms with Crippen LogP contribution in [0.25, 0.3) is 22.2 Å². The topological polar surface area (TPSA) is 86.8 Å². The summed E-state index contributed by atoms with van der Waals surface area (Å²) in [6.45, 7) is 4.52. The van der Waals surface area contributed by atoms with Gasteiger partial charge in [0.15, 0.2) is 0 Å². The molecule has 1 fully saturated rings. The predicted molar refractivity (Wildman–Crippen MR) is 126 cm³/mol. The zero-order valence-corrected chi connectivity index (χ0v) is 18.7. The standard InChI is InChI=1S/C22H22N6OS2/c1-14-24-17(13-31-14)11-28-8-9-30-20(12-28)22(29)25-16-2-3-19-18(10-16)21(27-26-19)15-4-6-23-7-5-15/h2-7,10,13,20H,8-9,11-12H2,1H3,(H,25,29)(H,26,27). The van der Waals surface area contributed by atoms with Crippen LogP contribution >= 0.6 is 23.1 Å². The first kappa shape index (κ1) is 20.2. The van der Waals surface area contributed by atoms with Crippen molar-refractivity contribution < 1.29 is 4.79 Å². The minimum Gasteiger partial charge on any atom is -0.325 e. The van der Waals surface area contributed by atoms with Gasteiger partial charge in [-0.1, -0.05) is 0 Å². The van der Waals surface area contributed by atoms with Crippen LogP contribution < -0.4 is 5.32 Å². The Labute approximate surface area is 188 Å². The molecule has 31 heavy (non-hydrogen) atoms. The highest BCUT2D eigenvalue weighted by Crippen LogP contribution is 2.29. The van der Waals surface area contributed by atoms with E-state index in [1.807, 2.05) is 37.3 Å². The van der Waals surface area contributed by atoms with Gasteiger partial charge in [0.1, 0.15) is 5.69 Å². The molecule has 1 amide bonds. The van der Waals surface area contributed by atoms with Crippen LogP contribution in [-0.2, 0) is 11.3 Å². The van der Waals surface area contributed by atoms with E-state index in [1.165, 1.54) is 0 Å². The summed E-state index contributed by atoms with van der Waals surface area (Å²) in [7, 11) is 0. The third kappa shape index (κ3) is 4.48. The molecular weight excluding hydrogens is 428 g/mol. The number of carbonyl (C=O) groups is 1. The summed E-state index contributed by atoms with van der Waals surface area (Å²) in [4.78, 5) is 23.9. The predicted octanol–water partition coefficient (Wildman–Crippen LogP) is 3.95. The maximum Gasteiger partial charge on any atom is 0.238 e. The summed E-state index contributed by atoms with van der Waals surface area (Å²) in [5.74, 6) is 0.978. The second-order valence-electron chi connectivity index (χ2n) is 7.51. The quantitative estimate of drug-likeness (QED) is 0.479. The molecule has 1 unspecified atom stereocenters. The Balaban J connectivity index is 1.29. The van der Waals surface area contributed by atoms with Crippen molar-refractivity contribution in [1.29, 1.82) is 0 Å². The van der Waals surface area contributed by atoms with Gasteiger partial charge in [-0.25, -0.2) is 4.98 Å². The minimum absolute atomic E-state index is 0.0393. The van der Waals surface area contributed by atoms with Crippen LogP contribution in [0.1, 0.15) is 10.7 Å². The van der Waals surface area contributed by atoms with Gasteiger partial charge in [0.2, 0.25) is 5.91 Å². The van der Waals surface area contributed by atoms with Crippen LogP contribution in [0.4, 0.5) is 5.69 Å². The Hall–Kier alpha value is -2.75. The third-order valence-corrected chi connectivity index (χ3v) is 7.29. The van der Waals surface area contributed by atoms with Crippen LogP contribution in [-0.4, -0.2) is 55.1 Å². The van der Waals surface area contributed by atoms with E-state index in [0.717, 1.165) is 63.9 Å². The number of fused-ring (bicyclic) bond motifs is 1. The highest BCUT2D eigenvalue weighted by molar-refractivity contribution is 8.00. The van der Waals surface area contributed by atoms with Crippen molar-refractivity contribution in [3.8, 4) is 11.3 Å². The molecule has 1 saturated heterocycles. The molecule has 9 heteroatoms. The molecule has 158 valence electrons. The molecule has 4 aromatic rings. The molecule has 5 rings (SSSR count). The van der Waals surface area contributed by atoms with Crippen LogP contribution in [0.2, 0.25) is 0 Å². The SMILES string of the molecule is Cc1nc(CN2CCSC(C(=O)Nc3ccc4[nH]nc(-c5ccncc5)c4c3)C2)cs1. The molecule has 7 nitrogen and oxygen atoms in total. The number of carbonyl (C=O) groups excluding carboxylic acids is 1. The molecule has 2 N–H and O–H groups in total. The van der Waals surface area contributed by atoms with Gasteiger partial charge in [0, 0.05) is 59.8 Å². The number of anilines is 1. The van der Waals surface area contributed by atoms with Crippen LogP contribution in [0.15, 0.2) is 48.1 Å². The number of pyridine rings is 1. The number of benzene rings is 1. The monoisotopic (exact) mass is 450 g/mol. The van der Waals surface area contributed by atoms with Gasteiger partial charge >= 0.3 is 0 Å². The van der Waals surface area contributed by atoms with E-state index in [9.17, 15) is 4.79 Å². The van der Waals surface area contributed by atoms with Gasteiger partial charge in [0.05, 0.1) is 21.5 Å². The number of rotatable bonds is 5. The van der Waals surface area contributed by atoms with E-state index in [1.54, 1.807) is 35.5 Å². The molecule has 0 radical (unpaired) electrons. The fourth-order valence-corrected chi connectivity index (χ4v) is 5.54. The van der Waals surface area contributed by atoms with Crippen molar-refractivity contribution in [3.05, 3.63) is 58.8 Å². The smallest absolute Gasteiger partial charge is 0.238 e. The van der Waals surface area contributed by atoms with Gasteiger partial charge in [-0.15, -0.1) is 23.1 Å². The zero-order chi connectivity index (χ0) is 21.2. The highest BCUT2D eigenvalue weighted by atomic mass is 32.2. The molecule has 0 aliphatic carbocycles. The van der Waals surface area contributed by atoms with Crippen molar-refractivity contribution in [2.75, 3.05) is 24.2 Å². The summed E-state index contributed by atoms with van der Waals surface area (Å²) in [5.41, 5.74) is 4.64. The van der Waals surface area contributed by atoms with E-state index < -0.39 is 0 Å². The molecule has 1 aromatic carbocycles. The average molecular weight is 451 g/mol. The molecule has 0 bridgehead atoms. The van der Waals surface area contributed by atoms with E-state index in [4.69, 9.17) is 0 Å². The van der Waals surface area contributed by atoms with Gasteiger partial charge in [-0.05, 0) is 37.3 Å². The van der Waals surface area contributed by atoms with Crippen molar-refractivity contribution in [2.24, 2.45) is 0 Å². The Kier molecular flexibility index (Phi) is 5.71. The lowest BCUT2D eigenvalue weighted by molar-refractivity contribution is -0.116. The fourth-order valence-electron chi connectivity index (χ4n) is 3.76. The van der Waals surface area contributed by atoms with Gasteiger partial charge < -0.3 is 5.32 Å². The van der Waals surface area contributed by atoms with E-state index in [2.05, 4.69) is 35.8 Å². The molecule has 1 atom stereocenters. The molecule has 1 aliphatic rings. The summed E-state index contributed by atoms with van der Waals surface area (Å²) < 4.78 is 0. The van der Waals surface area contributed by atoms with Crippen molar-refractivity contribution >= 4 is 45.6 Å². The first-order valence-electron chi connectivity index (χ1n) is 10.1. The fraction of sp³-hybridized carbons (Fsp3) is 0.273. The number of thiazole rings is 1. The Bertz CT molecular complexity index is 1210. The van der Waals surface area contributed by atoms with Gasteiger partial charge in [-0.3, -0.25) is 19.8 Å². The minimum atomic E-state index is -0.104. The maximum atomic E-state index is 13.0. The molecule has 0 spiro atoms. The summed E-state index contributed by atoms with van der Waals surface area (Å²) in [5, 5.41) is 14.7. The summed E-state index contributed by atoms with van der Waals surface area (Å²) in [6, 6.07) is 9.71. The number of aromatic nitrogens is 4. The maximum absolute atomic E-state index is 13.0. The lowest BCUT2D eigenvalue weighted by Gasteiger charge is -2.31. The zero-order valence-electron chi connectivity index (χ0n) is 17.0. The van der Waals surface area contributed by atoms with Crippen molar-refractivity contribution in [1.82, 2.24) is 25.1 Å². The number of hydrogen-bond donors (Lipinski definition) is 2. The first-order chi connectivity index (χ1) is 15.2. The van der Waals surface area contributed by atoms with Crippen molar-refractivity contribution in [3.63, 3.8) is 0 Å². The molecular formula is C22H22N6OS2. The second kappa shape index (κ2) is 8.78. The molecule has 0 saturated carbocycles. The number of aryl methyl sites for hydroxylation is 1. The average Bonchev–Trinajstić information content (AvgIpc) is 3.40. The first-order valence-corrected chi connectivity index (χ1v) is 12.0. The number of thioether (sulfide) groups is 1. The molecule has 3 aromatic heterocycles. The Morgan fingerprint density at radius 3 is 2.97 bits per heavy atom. The largest absolute Gasteiger partial charge is 0.325 e. The normalized spacial score (nSPS) is 17.1. The van der Waals surface area contributed by atoms with E-state index >= 15 is 0 Å². The molecule has 1 aliphatic heterocycles. The Morgan fingerprint density at radius 1 is 1.29 bits per heavy atom. The lowest BCUT2D eigenvalue weighted by Crippen LogP contribution is -2.43.